The summed E-state index contributed by atoms with van der Waals surface area (Å²) in [4.78, 5) is 27.0. The van der Waals surface area contributed by atoms with Crippen LogP contribution in [0.4, 0.5) is 0 Å². The largest absolute Gasteiger partial charge is 0.458 e. The van der Waals surface area contributed by atoms with Crippen molar-refractivity contribution in [1.82, 2.24) is 0 Å². The zero-order valence-corrected chi connectivity index (χ0v) is 46.8. The van der Waals surface area contributed by atoms with E-state index >= 15 is 0 Å². The van der Waals surface area contributed by atoms with Crippen molar-refractivity contribution in [3.8, 4) is 0 Å². The zero-order valence-electron chi connectivity index (χ0n) is 46.8. The summed E-state index contributed by atoms with van der Waals surface area (Å²) in [6, 6.07) is 9.30. The van der Waals surface area contributed by atoms with Crippen molar-refractivity contribution in [3.63, 3.8) is 0 Å². The highest BCUT2D eigenvalue weighted by atomic mass is 16.8. The van der Waals surface area contributed by atoms with E-state index in [4.69, 9.17) is 61.6 Å². The average Bonchev–Trinajstić information content (AvgIpc) is 3.95. The monoisotopic (exact) mass is 1090 g/mol. The predicted octanol–water partition coefficient (Wildman–Crippen LogP) is 5.24. The molecule has 4 N–H and O–H groups in total. The SMILES string of the molecule is COC1CC(OC2C(C)OC(OC3C(C)OC(OC4C(C)OC(O[C@H]5CC[C@@]6(C)C(=CC[C@]7(O)[C@@H]6C[C@@H](OC(=O)/C=C/c6ccccc6)[C@@]6(C)[C@]7(O)CC[C@@]6(O)C(C)=O)C5)CC4OC)CC3OC)CC2OC)OC(C)C1O. The number of Topliss-reactive ketones (excluding diaryl/α,β-unsaturated/α-hetero) is 1. The Labute approximate surface area is 453 Å². The number of carbonyl (C=O) groups is 2. The lowest BCUT2D eigenvalue weighted by Crippen LogP contribution is -2.78. The third-order valence-corrected chi connectivity index (χ3v) is 19.6. The van der Waals surface area contributed by atoms with Crippen LogP contribution < -0.4 is 0 Å². The van der Waals surface area contributed by atoms with E-state index in [0.29, 0.717) is 44.9 Å². The molecule has 3 saturated carbocycles. The quantitative estimate of drug-likeness (QED) is 0.0942. The molecule has 0 spiro atoms. The van der Waals surface area contributed by atoms with Crippen molar-refractivity contribution in [1.29, 1.82) is 0 Å². The lowest BCUT2D eigenvalue weighted by atomic mass is 9.42. The van der Waals surface area contributed by atoms with Crippen molar-refractivity contribution in [3.05, 3.63) is 53.6 Å². The average molecular weight is 1090 g/mol. The van der Waals surface area contributed by atoms with Crippen LogP contribution in [0.15, 0.2) is 48.1 Å². The molecule has 9 rings (SSSR count). The molecule has 4 aliphatic heterocycles. The van der Waals surface area contributed by atoms with E-state index in [1.54, 1.807) is 48.4 Å². The summed E-state index contributed by atoms with van der Waals surface area (Å²) < 4.78 is 81.6. The molecule has 1 aromatic carbocycles. The van der Waals surface area contributed by atoms with Crippen LogP contribution in [0.5, 0.6) is 0 Å². The Morgan fingerprint density at radius 3 is 1.65 bits per heavy atom. The first-order valence-electron chi connectivity index (χ1n) is 27.9. The maximum Gasteiger partial charge on any atom is 0.331 e. The van der Waals surface area contributed by atoms with Crippen molar-refractivity contribution >= 4 is 17.8 Å². The fourth-order valence-corrected chi connectivity index (χ4v) is 15.0. The summed E-state index contributed by atoms with van der Waals surface area (Å²) in [5.41, 5.74) is -6.24. The maximum absolute atomic E-state index is 13.6. The standard InChI is InChI=1S/C58H86O19/c1-31-50(61)39(65-8)26-47(69-31)75-52-33(3)71-49(28-41(52)67-10)77-53-34(4)72-48(29-42(53)68-11)76-51-32(2)70-46(27-40(51)66-9)73-38-20-21-54(6)37(25-38)19-22-57(63)43(54)30-44(74-45(60)18-17-36-15-13-12-14-16-36)55(7)56(62,35(5)59)23-24-58(55,57)64/h12-19,31-34,38-44,46-53,61-64H,20-30H2,1-11H3/b18-17+/t31?,32?,33?,34?,38-,39?,40?,41?,42?,43+,44+,46?,47?,48?,49?,50?,51?,52?,53?,54-,55+,56+,57-,58+/m0/s1. The molecule has 1 aromatic rings. The molecule has 0 radical (unpaired) electrons. The third kappa shape index (κ3) is 10.7. The molecular formula is C58H86O19. The molecule has 19 nitrogen and oxygen atoms in total. The minimum atomic E-state index is -2.05. The number of aliphatic hydroxyl groups excluding tert-OH is 1. The predicted molar refractivity (Wildman–Crippen MR) is 275 cm³/mol. The van der Waals surface area contributed by atoms with Gasteiger partial charge < -0.3 is 82.0 Å². The molecule has 77 heavy (non-hydrogen) atoms. The summed E-state index contributed by atoms with van der Waals surface area (Å²) in [5.74, 6) is -1.80. The van der Waals surface area contributed by atoms with Gasteiger partial charge in [-0.25, -0.2) is 4.79 Å². The molecule has 0 bridgehead atoms. The number of aliphatic hydroxyl groups is 4. The van der Waals surface area contributed by atoms with Crippen LogP contribution in [-0.4, -0.2) is 188 Å². The number of carbonyl (C=O) groups excluding carboxylic acids is 2. The Morgan fingerprint density at radius 1 is 0.649 bits per heavy atom. The number of methoxy groups -OCH3 is 4. The van der Waals surface area contributed by atoms with Crippen LogP contribution in [-0.2, 0) is 71.2 Å². The number of esters is 1. The maximum atomic E-state index is 13.6. The van der Waals surface area contributed by atoms with Gasteiger partial charge in [0.2, 0.25) is 0 Å². The molecule has 19 heteroatoms. The number of hydrogen-bond donors (Lipinski definition) is 4. The highest BCUT2D eigenvalue weighted by molar-refractivity contribution is 5.88. The Bertz CT molecular complexity index is 2270. The lowest BCUT2D eigenvalue weighted by Gasteiger charge is -2.67. The summed E-state index contributed by atoms with van der Waals surface area (Å²) in [6.45, 7) is 12.5. The Hall–Kier alpha value is -2.80. The van der Waals surface area contributed by atoms with E-state index < -0.39 is 144 Å². The Morgan fingerprint density at radius 2 is 1.14 bits per heavy atom. The number of benzene rings is 1. The fourth-order valence-electron chi connectivity index (χ4n) is 15.0. The van der Waals surface area contributed by atoms with Gasteiger partial charge in [0.15, 0.2) is 30.9 Å². The van der Waals surface area contributed by atoms with E-state index in [1.165, 1.54) is 13.0 Å². The van der Waals surface area contributed by atoms with E-state index in [0.717, 1.165) is 11.1 Å². The van der Waals surface area contributed by atoms with E-state index in [1.807, 2.05) is 57.2 Å². The van der Waals surface area contributed by atoms with Crippen LogP contribution >= 0.6 is 0 Å². The summed E-state index contributed by atoms with van der Waals surface area (Å²) in [7, 11) is 6.48. The Balaban J connectivity index is 0.809. The van der Waals surface area contributed by atoms with Gasteiger partial charge in [-0.15, -0.1) is 0 Å². The first kappa shape index (κ1) is 58.8. The topological polar surface area (TPSA) is 235 Å². The van der Waals surface area contributed by atoms with Gasteiger partial charge in [-0.1, -0.05) is 48.9 Å². The molecule has 432 valence electrons. The first-order valence-corrected chi connectivity index (χ1v) is 27.9. The van der Waals surface area contributed by atoms with E-state index in [9.17, 15) is 30.0 Å². The molecule has 7 fully saturated rings. The van der Waals surface area contributed by atoms with Crippen molar-refractivity contribution < 1.29 is 91.6 Å². The van der Waals surface area contributed by atoms with Crippen LogP contribution in [0.3, 0.4) is 0 Å². The number of hydrogen-bond acceptors (Lipinski definition) is 19. The second kappa shape index (κ2) is 23.2. The van der Waals surface area contributed by atoms with Crippen LogP contribution in [0.2, 0.25) is 0 Å². The van der Waals surface area contributed by atoms with Gasteiger partial charge >= 0.3 is 5.97 Å². The van der Waals surface area contributed by atoms with E-state index in [-0.39, 0.29) is 37.9 Å². The highest BCUT2D eigenvalue weighted by Gasteiger charge is 2.81. The van der Waals surface area contributed by atoms with Gasteiger partial charge in [-0.3, -0.25) is 4.79 Å². The molecule has 4 aliphatic carbocycles. The van der Waals surface area contributed by atoms with Crippen LogP contribution in [0.1, 0.15) is 125 Å². The van der Waals surface area contributed by atoms with Gasteiger partial charge in [-0.2, -0.15) is 0 Å². The minimum absolute atomic E-state index is 0.0493. The minimum Gasteiger partial charge on any atom is -0.458 e. The molecule has 4 heterocycles. The Kier molecular flexibility index (Phi) is 17.7. The summed E-state index contributed by atoms with van der Waals surface area (Å²) in [5, 5.41) is 48.6. The van der Waals surface area contributed by atoms with Crippen molar-refractivity contribution in [2.45, 2.75) is 247 Å². The number of fused-ring (bicyclic) bond motifs is 5. The molecule has 24 atom stereocenters. The highest BCUT2D eigenvalue weighted by Crippen LogP contribution is 2.71. The number of ether oxygens (including phenoxy) is 13. The van der Waals surface area contributed by atoms with Crippen LogP contribution in [0.25, 0.3) is 6.08 Å². The number of rotatable bonds is 16. The molecule has 8 aliphatic rings. The van der Waals surface area contributed by atoms with Crippen molar-refractivity contribution in [2.75, 3.05) is 28.4 Å². The van der Waals surface area contributed by atoms with E-state index in [2.05, 4.69) is 6.92 Å². The van der Waals surface area contributed by atoms with Gasteiger partial charge in [-0.05, 0) is 104 Å². The molecule has 16 unspecified atom stereocenters. The fraction of sp³-hybridized carbons (Fsp3) is 0.793. The lowest BCUT2D eigenvalue weighted by molar-refractivity contribution is -0.347. The summed E-state index contributed by atoms with van der Waals surface area (Å²) in [6.07, 6.45) is -1.19. The second-order valence-corrected chi connectivity index (χ2v) is 23.6. The van der Waals surface area contributed by atoms with Crippen LogP contribution in [0, 0.1) is 16.7 Å². The molecular weight excluding hydrogens is 1000 g/mol. The summed E-state index contributed by atoms with van der Waals surface area (Å²) >= 11 is 0. The first-order chi connectivity index (χ1) is 36.6. The zero-order chi connectivity index (χ0) is 55.4. The third-order valence-electron chi connectivity index (χ3n) is 19.6. The van der Waals surface area contributed by atoms with Crippen molar-refractivity contribution in [2.24, 2.45) is 16.7 Å². The molecule has 0 aromatic heterocycles. The number of ketones is 1. The normalized spacial score (nSPS) is 48.1. The molecule has 4 saturated heterocycles. The van der Waals surface area contributed by atoms with Gasteiger partial charge in [0.25, 0.3) is 0 Å². The molecule has 0 amide bonds. The van der Waals surface area contributed by atoms with Gasteiger partial charge in [0, 0.05) is 66.1 Å². The van der Waals surface area contributed by atoms with Gasteiger partial charge in [0.1, 0.15) is 47.3 Å². The second-order valence-electron chi connectivity index (χ2n) is 23.6. The van der Waals surface area contributed by atoms with Gasteiger partial charge in [0.05, 0.1) is 60.4 Å². The smallest absolute Gasteiger partial charge is 0.331 e.